The first kappa shape index (κ1) is 11.5. The Kier molecular flexibility index (Phi) is 2.46. The van der Waals surface area contributed by atoms with Gasteiger partial charge in [0.15, 0.2) is 0 Å². The molecule has 18 heavy (non-hydrogen) atoms. The standard InChI is InChI=1S/C17H21Br/c1-9-3-4-13(7-10(9)2)17(18)16-14-11-5-6-12(8-11)15(14)16/h3-4,7,11-12,14-17H,5-6,8H2,1-2H3. The molecule has 0 spiro atoms. The lowest BCUT2D eigenvalue weighted by atomic mass is 9.95. The second kappa shape index (κ2) is 3.85. The number of alkyl halides is 1. The smallest absolute Gasteiger partial charge is 0.0429 e. The van der Waals surface area contributed by atoms with Gasteiger partial charge in [-0.15, -0.1) is 0 Å². The quantitative estimate of drug-likeness (QED) is 0.672. The summed E-state index contributed by atoms with van der Waals surface area (Å²) in [5.41, 5.74) is 4.36. The molecular weight excluding hydrogens is 284 g/mol. The highest BCUT2D eigenvalue weighted by molar-refractivity contribution is 9.09. The third kappa shape index (κ3) is 1.49. The van der Waals surface area contributed by atoms with Crippen molar-refractivity contribution in [3.63, 3.8) is 0 Å². The summed E-state index contributed by atoms with van der Waals surface area (Å²) in [6.45, 7) is 4.43. The van der Waals surface area contributed by atoms with Crippen LogP contribution in [-0.2, 0) is 0 Å². The summed E-state index contributed by atoms with van der Waals surface area (Å²) in [6, 6.07) is 7.01. The van der Waals surface area contributed by atoms with Crippen LogP contribution in [0.2, 0.25) is 0 Å². The van der Waals surface area contributed by atoms with Crippen molar-refractivity contribution in [1.82, 2.24) is 0 Å². The van der Waals surface area contributed by atoms with Crippen LogP contribution >= 0.6 is 15.9 Å². The van der Waals surface area contributed by atoms with E-state index in [1.165, 1.54) is 29.5 Å². The lowest BCUT2D eigenvalue weighted by Crippen LogP contribution is -2.04. The fourth-order valence-electron chi connectivity index (χ4n) is 4.94. The minimum absolute atomic E-state index is 0.607. The molecule has 3 fully saturated rings. The first-order chi connectivity index (χ1) is 8.66. The number of fused-ring (bicyclic) bond motifs is 5. The SMILES string of the molecule is Cc1ccc(C(Br)C2C3C4CCC(C4)C32)cc1C. The molecule has 0 N–H and O–H groups in total. The zero-order valence-corrected chi connectivity index (χ0v) is 12.8. The van der Waals surface area contributed by atoms with Gasteiger partial charge in [-0.2, -0.15) is 0 Å². The first-order valence-corrected chi connectivity index (χ1v) is 8.29. The van der Waals surface area contributed by atoms with Gasteiger partial charge in [0.1, 0.15) is 0 Å². The fourth-order valence-corrected chi connectivity index (χ4v) is 5.93. The molecule has 0 aliphatic heterocycles. The Bertz CT molecular complexity index is 476. The third-order valence-corrected chi connectivity index (χ3v) is 7.12. The van der Waals surface area contributed by atoms with Gasteiger partial charge < -0.3 is 0 Å². The topological polar surface area (TPSA) is 0 Å². The van der Waals surface area contributed by atoms with Crippen molar-refractivity contribution in [3.05, 3.63) is 34.9 Å². The normalized spacial score (nSPS) is 41.8. The molecule has 0 aromatic heterocycles. The molecule has 1 heteroatoms. The van der Waals surface area contributed by atoms with Crippen LogP contribution in [-0.4, -0.2) is 0 Å². The van der Waals surface area contributed by atoms with Crippen molar-refractivity contribution in [3.8, 4) is 0 Å². The van der Waals surface area contributed by atoms with Gasteiger partial charge in [-0.05, 0) is 79.4 Å². The highest BCUT2D eigenvalue weighted by Gasteiger charge is 2.66. The fraction of sp³-hybridized carbons (Fsp3) is 0.647. The van der Waals surface area contributed by atoms with E-state index in [-0.39, 0.29) is 0 Å². The molecule has 0 saturated heterocycles. The summed E-state index contributed by atoms with van der Waals surface area (Å²) in [4.78, 5) is 0.607. The van der Waals surface area contributed by atoms with Gasteiger partial charge in [-0.3, -0.25) is 0 Å². The Morgan fingerprint density at radius 1 is 1.06 bits per heavy atom. The van der Waals surface area contributed by atoms with Gasteiger partial charge in [0, 0.05) is 4.83 Å². The maximum absolute atomic E-state index is 4.01. The van der Waals surface area contributed by atoms with Crippen LogP contribution in [0.15, 0.2) is 18.2 Å². The van der Waals surface area contributed by atoms with Gasteiger partial charge in [0.25, 0.3) is 0 Å². The van der Waals surface area contributed by atoms with Crippen LogP contribution in [0.1, 0.15) is 40.8 Å². The Hall–Kier alpha value is -0.300. The second-order valence-electron chi connectivity index (χ2n) is 6.81. The summed E-state index contributed by atoms with van der Waals surface area (Å²) < 4.78 is 0. The average molecular weight is 305 g/mol. The second-order valence-corrected chi connectivity index (χ2v) is 7.80. The lowest BCUT2D eigenvalue weighted by Gasteiger charge is -2.16. The molecule has 5 unspecified atom stereocenters. The molecule has 1 aromatic rings. The molecule has 2 bridgehead atoms. The van der Waals surface area contributed by atoms with Gasteiger partial charge in [-0.1, -0.05) is 34.1 Å². The summed E-state index contributed by atoms with van der Waals surface area (Å²) in [7, 11) is 0. The van der Waals surface area contributed by atoms with E-state index in [1.54, 1.807) is 6.42 Å². The van der Waals surface area contributed by atoms with E-state index in [0.29, 0.717) is 4.83 Å². The highest BCUT2D eigenvalue weighted by Crippen LogP contribution is 2.73. The van der Waals surface area contributed by atoms with E-state index in [0.717, 1.165) is 29.6 Å². The van der Waals surface area contributed by atoms with Crippen LogP contribution in [0.25, 0.3) is 0 Å². The van der Waals surface area contributed by atoms with Crippen LogP contribution in [0.4, 0.5) is 0 Å². The first-order valence-electron chi connectivity index (χ1n) is 7.38. The Morgan fingerprint density at radius 3 is 2.33 bits per heavy atom. The number of rotatable bonds is 2. The van der Waals surface area contributed by atoms with E-state index in [1.807, 2.05) is 0 Å². The predicted octanol–water partition coefficient (Wildman–Crippen LogP) is 5.03. The lowest BCUT2D eigenvalue weighted by molar-refractivity contribution is 0.456. The van der Waals surface area contributed by atoms with E-state index < -0.39 is 0 Å². The van der Waals surface area contributed by atoms with Crippen LogP contribution < -0.4 is 0 Å². The number of halogens is 1. The molecule has 0 heterocycles. The number of aryl methyl sites for hydroxylation is 2. The van der Waals surface area contributed by atoms with Crippen molar-refractivity contribution >= 4 is 15.9 Å². The van der Waals surface area contributed by atoms with Gasteiger partial charge in [0.2, 0.25) is 0 Å². The Balaban J connectivity index is 1.58. The molecule has 0 radical (unpaired) electrons. The Labute approximate surface area is 118 Å². The highest BCUT2D eigenvalue weighted by atomic mass is 79.9. The number of hydrogen-bond donors (Lipinski definition) is 0. The summed E-state index contributed by atoms with van der Waals surface area (Å²) in [6.07, 6.45) is 4.60. The van der Waals surface area contributed by atoms with Crippen molar-refractivity contribution in [2.24, 2.45) is 29.6 Å². The summed E-state index contributed by atoms with van der Waals surface area (Å²) in [5, 5.41) is 0. The molecule has 3 aliphatic carbocycles. The zero-order chi connectivity index (χ0) is 12.4. The van der Waals surface area contributed by atoms with Crippen LogP contribution in [0.5, 0.6) is 0 Å². The zero-order valence-electron chi connectivity index (χ0n) is 11.2. The largest absolute Gasteiger partial charge is 0.0836 e. The molecule has 0 amide bonds. The van der Waals surface area contributed by atoms with Crippen molar-refractivity contribution in [1.29, 1.82) is 0 Å². The van der Waals surface area contributed by atoms with Gasteiger partial charge in [0.05, 0.1) is 0 Å². The average Bonchev–Trinajstić information content (AvgIpc) is 2.80. The molecule has 3 saturated carbocycles. The molecule has 4 rings (SSSR count). The number of hydrogen-bond acceptors (Lipinski definition) is 0. The van der Waals surface area contributed by atoms with E-state index >= 15 is 0 Å². The monoisotopic (exact) mass is 304 g/mol. The molecule has 0 nitrogen and oxygen atoms in total. The van der Waals surface area contributed by atoms with Crippen LogP contribution in [0, 0.1) is 43.4 Å². The maximum atomic E-state index is 4.01. The van der Waals surface area contributed by atoms with E-state index in [9.17, 15) is 0 Å². The van der Waals surface area contributed by atoms with Crippen LogP contribution in [0.3, 0.4) is 0 Å². The minimum Gasteiger partial charge on any atom is -0.0836 e. The maximum Gasteiger partial charge on any atom is 0.0429 e. The van der Waals surface area contributed by atoms with E-state index in [4.69, 9.17) is 0 Å². The van der Waals surface area contributed by atoms with Crippen molar-refractivity contribution < 1.29 is 0 Å². The third-order valence-electron chi connectivity index (χ3n) is 5.98. The summed E-state index contributed by atoms with van der Waals surface area (Å²) >= 11 is 4.01. The van der Waals surface area contributed by atoms with E-state index in [2.05, 4.69) is 48.0 Å². The minimum atomic E-state index is 0.607. The number of benzene rings is 1. The molecular formula is C17H21Br. The molecule has 96 valence electrons. The van der Waals surface area contributed by atoms with Gasteiger partial charge >= 0.3 is 0 Å². The molecule has 3 aliphatic rings. The Morgan fingerprint density at radius 2 is 1.72 bits per heavy atom. The predicted molar refractivity (Wildman–Crippen MR) is 78.9 cm³/mol. The van der Waals surface area contributed by atoms with Crippen molar-refractivity contribution in [2.45, 2.75) is 37.9 Å². The van der Waals surface area contributed by atoms with Gasteiger partial charge in [-0.25, -0.2) is 0 Å². The molecule has 5 atom stereocenters. The molecule has 1 aromatic carbocycles. The van der Waals surface area contributed by atoms with Crippen molar-refractivity contribution in [2.75, 3.05) is 0 Å². The summed E-state index contributed by atoms with van der Waals surface area (Å²) in [5.74, 6) is 5.23.